The van der Waals surface area contributed by atoms with Crippen molar-refractivity contribution in [2.45, 2.75) is 18.9 Å². The fourth-order valence-electron chi connectivity index (χ4n) is 2.48. The number of aromatic nitrogens is 2. The summed E-state index contributed by atoms with van der Waals surface area (Å²) in [6.45, 7) is 0. The number of fused-ring (bicyclic) bond motifs is 1. The van der Waals surface area contributed by atoms with E-state index in [0.717, 1.165) is 29.7 Å². The average molecular weight is 284 g/mol. The van der Waals surface area contributed by atoms with Crippen molar-refractivity contribution in [3.05, 3.63) is 41.1 Å². The van der Waals surface area contributed by atoms with Gasteiger partial charge in [0.1, 0.15) is 0 Å². The van der Waals surface area contributed by atoms with E-state index in [9.17, 15) is 0 Å². The molecule has 2 aromatic heterocycles. The first kappa shape index (κ1) is 11.6. The standard InChI is InChI=1S/C15H10ClN3O/c16-14-6-5-13(20-14)15-18-11-7-9(8-17)1-4-12(11)19(15)10-2-3-10/h1,4-7,10H,2-3H2. The minimum absolute atomic E-state index is 0.354. The smallest absolute Gasteiger partial charge is 0.194 e. The van der Waals surface area contributed by atoms with Crippen molar-refractivity contribution in [2.24, 2.45) is 0 Å². The second-order valence-corrected chi connectivity index (χ2v) is 5.33. The number of rotatable bonds is 2. The van der Waals surface area contributed by atoms with Crippen LogP contribution in [0, 0.1) is 11.3 Å². The topological polar surface area (TPSA) is 54.8 Å². The SMILES string of the molecule is N#Cc1ccc2c(c1)nc(-c1ccc(Cl)o1)n2C1CC1. The number of imidazole rings is 1. The van der Waals surface area contributed by atoms with Crippen LogP contribution >= 0.6 is 11.6 Å². The van der Waals surface area contributed by atoms with Crippen molar-refractivity contribution in [1.82, 2.24) is 9.55 Å². The van der Waals surface area contributed by atoms with Crippen molar-refractivity contribution < 1.29 is 4.42 Å². The van der Waals surface area contributed by atoms with Gasteiger partial charge in [-0.05, 0) is 54.8 Å². The first-order valence-corrected chi connectivity index (χ1v) is 6.82. The lowest BCUT2D eigenvalue weighted by atomic mass is 10.2. The Morgan fingerprint density at radius 1 is 1.30 bits per heavy atom. The fourth-order valence-corrected chi connectivity index (χ4v) is 2.63. The lowest BCUT2D eigenvalue weighted by molar-refractivity contribution is 0.572. The zero-order valence-electron chi connectivity index (χ0n) is 10.5. The van der Waals surface area contributed by atoms with Gasteiger partial charge < -0.3 is 8.98 Å². The molecular formula is C15H10ClN3O. The molecule has 98 valence electrons. The zero-order chi connectivity index (χ0) is 13.7. The van der Waals surface area contributed by atoms with Crippen LogP contribution in [0.2, 0.25) is 5.22 Å². The van der Waals surface area contributed by atoms with E-state index in [1.54, 1.807) is 6.07 Å². The molecule has 5 heteroatoms. The fraction of sp³-hybridized carbons (Fsp3) is 0.200. The van der Waals surface area contributed by atoms with Crippen LogP contribution in [-0.4, -0.2) is 9.55 Å². The molecule has 0 unspecified atom stereocenters. The predicted octanol–water partition coefficient (Wildman–Crippen LogP) is 4.16. The third-order valence-corrected chi connectivity index (χ3v) is 3.73. The summed E-state index contributed by atoms with van der Waals surface area (Å²) in [6.07, 6.45) is 2.29. The number of nitrogens with zero attached hydrogens (tertiary/aromatic N) is 3. The van der Waals surface area contributed by atoms with E-state index in [-0.39, 0.29) is 0 Å². The summed E-state index contributed by atoms with van der Waals surface area (Å²) in [5.74, 6) is 1.45. The van der Waals surface area contributed by atoms with Gasteiger partial charge in [0.15, 0.2) is 16.8 Å². The molecule has 0 N–H and O–H groups in total. The van der Waals surface area contributed by atoms with E-state index in [0.29, 0.717) is 22.6 Å². The molecule has 4 nitrogen and oxygen atoms in total. The number of benzene rings is 1. The summed E-state index contributed by atoms with van der Waals surface area (Å²) in [6, 6.07) is 11.7. The summed E-state index contributed by atoms with van der Waals surface area (Å²) >= 11 is 5.86. The summed E-state index contributed by atoms with van der Waals surface area (Å²) < 4.78 is 7.68. The number of halogens is 1. The van der Waals surface area contributed by atoms with Gasteiger partial charge in [-0.1, -0.05) is 0 Å². The molecule has 1 fully saturated rings. The normalized spacial score (nSPS) is 14.6. The van der Waals surface area contributed by atoms with Crippen LogP contribution < -0.4 is 0 Å². The summed E-state index contributed by atoms with van der Waals surface area (Å²) in [5, 5.41) is 9.35. The van der Waals surface area contributed by atoms with E-state index in [4.69, 9.17) is 21.3 Å². The summed E-state index contributed by atoms with van der Waals surface area (Å²) in [7, 11) is 0. The molecule has 1 saturated carbocycles. The van der Waals surface area contributed by atoms with E-state index in [2.05, 4.69) is 15.6 Å². The predicted molar refractivity (Wildman–Crippen MR) is 75.4 cm³/mol. The third kappa shape index (κ3) is 1.71. The minimum atomic E-state index is 0.354. The first-order valence-electron chi connectivity index (χ1n) is 6.44. The summed E-state index contributed by atoms with van der Waals surface area (Å²) in [4.78, 5) is 4.63. The molecule has 0 spiro atoms. The Labute approximate surface area is 120 Å². The second-order valence-electron chi connectivity index (χ2n) is 4.96. The largest absolute Gasteiger partial charge is 0.441 e. The van der Waals surface area contributed by atoms with Crippen LogP contribution in [-0.2, 0) is 0 Å². The maximum atomic E-state index is 8.99. The van der Waals surface area contributed by atoms with Gasteiger partial charge >= 0.3 is 0 Å². The zero-order valence-corrected chi connectivity index (χ0v) is 11.3. The highest BCUT2D eigenvalue weighted by atomic mass is 35.5. The highest BCUT2D eigenvalue weighted by molar-refractivity contribution is 6.28. The van der Waals surface area contributed by atoms with Crippen molar-refractivity contribution in [3.63, 3.8) is 0 Å². The van der Waals surface area contributed by atoms with E-state index in [1.807, 2.05) is 24.3 Å². The lowest BCUT2D eigenvalue weighted by Gasteiger charge is -2.05. The van der Waals surface area contributed by atoms with E-state index < -0.39 is 0 Å². The van der Waals surface area contributed by atoms with Gasteiger partial charge in [-0.15, -0.1) is 0 Å². The molecule has 3 aromatic rings. The molecule has 0 atom stereocenters. The Morgan fingerprint density at radius 3 is 2.80 bits per heavy atom. The van der Waals surface area contributed by atoms with Crippen LogP contribution in [0.4, 0.5) is 0 Å². The first-order chi connectivity index (χ1) is 9.76. The molecule has 1 aliphatic rings. The van der Waals surface area contributed by atoms with Crippen molar-refractivity contribution >= 4 is 22.6 Å². The van der Waals surface area contributed by atoms with E-state index >= 15 is 0 Å². The van der Waals surface area contributed by atoms with Gasteiger partial charge in [0.25, 0.3) is 0 Å². The molecule has 1 aromatic carbocycles. The molecule has 0 saturated heterocycles. The molecule has 4 rings (SSSR count). The third-order valence-electron chi connectivity index (χ3n) is 3.52. The van der Waals surface area contributed by atoms with Gasteiger partial charge in [-0.25, -0.2) is 4.98 Å². The molecule has 20 heavy (non-hydrogen) atoms. The van der Waals surface area contributed by atoms with Crippen molar-refractivity contribution in [2.75, 3.05) is 0 Å². The average Bonchev–Trinajstić information content (AvgIpc) is 3.09. The Morgan fingerprint density at radius 2 is 2.15 bits per heavy atom. The van der Waals surface area contributed by atoms with Crippen molar-refractivity contribution in [1.29, 1.82) is 5.26 Å². The molecule has 2 heterocycles. The van der Waals surface area contributed by atoms with Gasteiger partial charge in [0.2, 0.25) is 0 Å². The lowest BCUT2D eigenvalue weighted by Crippen LogP contribution is -1.96. The minimum Gasteiger partial charge on any atom is -0.441 e. The van der Waals surface area contributed by atoms with Gasteiger partial charge in [-0.2, -0.15) is 5.26 Å². The maximum Gasteiger partial charge on any atom is 0.194 e. The van der Waals surface area contributed by atoms with Gasteiger partial charge in [-0.3, -0.25) is 0 Å². The number of nitriles is 1. The van der Waals surface area contributed by atoms with Crippen LogP contribution in [0.3, 0.4) is 0 Å². The second kappa shape index (κ2) is 4.12. The molecule has 0 bridgehead atoms. The molecule has 1 aliphatic carbocycles. The van der Waals surface area contributed by atoms with Gasteiger partial charge in [0.05, 0.1) is 22.7 Å². The molecule has 0 amide bonds. The quantitative estimate of drug-likeness (QED) is 0.710. The Balaban J connectivity index is 1.99. The molecular weight excluding hydrogens is 274 g/mol. The highest BCUT2D eigenvalue weighted by Gasteiger charge is 2.29. The summed E-state index contributed by atoms with van der Waals surface area (Å²) in [5.41, 5.74) is 2.47. The maximum absolute atomic E-state index is 8.99. The number of hydrogen-bond acceptors (Lipinski definition) is 3. The van der Waals surface area contributed by atoms with Crippen LogP contribution in [0.1, 0.15) is 24.4 Å². The van der Waals surface area contributed by atoms with Crippen LogP contribution in [0.25, 0.3) is 22.6 Å². The number of furan rings is 1. The Kier molecular flexibility index (Phi) is 2.38. The Bertz CT molecular complexity index is 852. The number of hydrogen-bond donors (Lipinski definition) is 0. The molecule has 0 radical (unpaired) electrons. The van der Waals surface area contributed by atoms with Crippen LogP contribution in [0.15, 0.2) is 34.7 Å². The Hall–Kier alpha value is -2.25. The monoisotopic (exact) mass is 283 g/mol. The van der Waals surface area contributed by atoms with Gasteiger partial charge in [0, 0.05) is 6.04 Å². The van der Waals surface area contributed by atoms with Crippen LogP contribution in [0.5, 0.6) is 0 Å². The van der Waals surface area contributed by atoms with Crippen molar-refractivity contribution in [3.8, 4) is 17.7 Å². The molecule has 0 aliphatic heterocycles. The highest BCUT2D eigenvalue weighted by Crippen LogP contribution is 2.41. The van der Waals surface area contributed by atoms with E-state index in [1.165, 1.54) is 0 Å².